The van der Waals surface area contributed by atoms with Crippen molar-refractivity contribution in [1.82, 2.24) is 15.2 Å². The highest BCUT2D eigenvalue weighted by Gasteiger charge is 2.18. The number of aliphatic hydroxyl groups is 1. The molecule has 2 aromatic rings. The molecule has 0 fully saturated rings. The van der Waals surface area contributed by atoms with Gasteiger partial charge in [-0.2, -0.15) is 0 Å². The molecule has 0 saturated carbocycles. The molecule has 0 unspecified atom stereocenters. The molecule has 0 aliphatic rings. The number of nitrogens with zero attached hydrogens (tertiary/aromatic N) is 1. The van der Waals surface area contributed by atoms with Gasteiger partial charge >= 0.3 is 0 Å². The van der Waals surface area contributed by atoms with Crippen molar-refractivity contribution in [2.45, 2.75) is 13.1 Å². The van der Waals surface area contributed by atoms with E-state index < -0.39 is 17.4 Å². The number of benzene rings is 1. The minimum absolute atomic E-state index is 0.0574. The Labute approximate surface area is 155 Å². The van der Waals surface area contributed by atoms with Crippen molar-refractivity contribution in [3.8, 4) is 0 Å². The molecule has 1 heterocycles. The van der Waals surface area contributed by atoms with Gasteiger partial charge in [0.2, 0.25) is 0 Å². The number of hydrogen-bond donors (Lipinski definition) is 3. The van der Waals surface area contributed by atoms with Crippen LogP contribution < -0.4 is 16.2 Å². The molecule has 8 heteroatoms. The molecular formula is C18H19ClN3O4. The molecular weight excluding hydrogens is 358 g/mol. The summed E-state index contributed by atoms with van der Waals surface area (Å²) >= 11 is 5.81. The van der Waals surface area contributed by atoms with E-state index in [1.165, 1.54) is 12.1 Å². The second-order valence-corrected chi connectivity index (χ2v) is 5.81. The maximum atomic E-state index is 12.6. The van der Waals surface area contributed by atoms with E-state index in [1.807, 2.05) is 0 Å². The Balaban J connectivity index is 2.23. The van der Waals surface area contributed by atoms with Gasteiger partial charge in [-0.3, -0.25) is 14.4 Å². The highest BCUT2D eigenvalue weighted by Crippen LogP contribution is 2.09. The van der Waals surface area contributed by atoms with E-state index >= 15 is 0 Å². The summed E-state index contributed by atoms with van der Waals surface area (Å²) in [5.41, 5.74) is 0.120. The lowest BCUT2D eigenvalue weighted by Gasteiger charge is -2.13. The summed E-state index contributed by atoms with van der Waals surface area (Å²) < 4.78 is 1.07. The Bertz CT molecular complexity index is 847. The average Bonchev–Trinajstić information content (AvgIpc) is 2.63. The van der Waals surface area contributed by atoms with E-state index in [9.17, 15) is 14.4 Å². The predicted octanol–water partition coefficient (Wildman–Crippen LogP) is 0.988. The van der Waals surface area contributed by atoms with Gasteiger partial charge in [0, 0.05) is 24.7 Å². The topological polar surface area (TPSA) is 100 Å². The molecule has 0 atom stereocenters. The maximum absolute atomic E-state index is 12.6. The van der Waals surface area contributed by atoms with Crippen LogP contribution >= 0.6 is 11.6 Å². The first kappa shape index (κ1) is 19.7. The van der Waals surface area contributed by atoms with Gasteiger partial charge in [-0.05, 0) is 36.8 Å². The van der Waals surface area contributed by atoms with Crippen molar-refractivity contribution in [3.63, 3.8) is 0 Å². The number of hydrogen-bond acceptors (Lipinski definition) is 4. The second kappa shape index (κ2) is 9.17. The number of amides is 2. The van der Waals surface area contributed by atoms with Gasteiger partial charge in [-0.25, -0.2) is 0 Å². The standard InChI is InChI=1S/C18H19ClN3O4/c1-2-20-17(25)15-8-7-14(18(26)22(15)9-10-23)16(24)21-11-12-3-5-13(19)6-4-12/h3-8,23H,1-2,9-11H2,(H,20,25)(H,21,24). The number of aliphatic hydroxyl groups excluding tert-OH is 1. The SMILES string of the molecule is [CH2]CNC(=O)c1ccc(C(=O)NCc2ccc(Cl)cc2)c(=O)n1CCO. The Hall–Kier alpha value is -2.64. The molecule has 2 amide bonds. The van der Waals surface area contributed by atoms with Gasteiger partial charge in [0.15, 0.2) is 0 Å². The zero-order valence-corrected chi connectivity index (χ0v) is 14.8. The van der Waals surface area contributed by atoms with Crippen LogP contribution in [-0.2, 0) is 13.1 Å². The summed E-state index contributed by atoms with van der Waals surface area (Å²) in [6, 6.07) is 9.60. The Kier molecular flexibility index (Phi) is 6.94. The van der Waals surface area contributed by atoms with Crippen molar-refractivity contribution >= 4 is 23.4 Å². The lowest BCUT2D eigenvalue weighted by Crippen LogP contribution is -2.37. The van der Waals surface area contributed by atoms with Crippen molar-refractivity contribution in [1.29, 1.82) is 0 Å². The minimum Gasteiger partial charge on any atom is -0.395 e. The zero-order chi connectivity index (χ0) is 19.1. The molecule has 0 saturated heterocycles. The predicted molar refractivity (Wildman–Crippen MR) is 98.1 cm³/mol. The quantitative estimate of drug-likeness (QED) is 0.670. The van der Waals surface area contributed by atoms with Crippen LogP contribution in [-0.4, -0.2) is 34.6 Å². The van der Waals surface area contributed by atoms with Gasteiger partial charge in [0.1, 0.15) is 11.3 Å². The highest BCUT2D eigenvalue weighted by molar-refractivity contribution is 6.30. The molecule has 0 aliphatic heterocycles. The van der Waals surface area contributed by atoms with Crippen LogP contribution in [0.5, 0.6) is 0 Å². The first-order chi connectivity index (χ1) is 12.5. The Morgan fingerprint density at radius 2 is 1.77 bits per heavy atom. The summed E-state index contributed by atoms with van der Waals surface area (Å²) in [4.78, 5) is 36.9. The van der Waals surface area contributed by atoms with Gasteiger partial charge in [-0.15, -0.1) is 0 Å². The minimum atomic E-state index is -0.649. The molecule has 137 valence electrons. The fourth-order valence-corrected chi connectivity index (χ4v) is 2.48. The first-order valence-electron chi connectivity index (χ1n) is 7.92. The second-order valence-electron chi connectivity index (χ2n) is 5.38. The number of nitrogens with one attached hydrogen (secondary N) is 2. The number of pyridine rings is 1. The number of aromatic nitrogens is 1. The normalized spacial score (nSPS) is 10.4. The highest BCUT2D eigenvalue weighted by atomic mass is 35.5. The van der Waals surface area contributed by atoms with Crippen LogP contribution in [0.25, 0.3) is 0 Å². The van der Waals surface area contributed by atoms with Crippen LogP contribution in [0.2, 0.25) is 5.02 Å². The van der Waals surface area contributed by atoms with Gasteiger partial charge in [0.25, 0.3) is 17.4 Å². The number of halogens is 1. The van der Waals surface area contributed by atoms with Crippen molar-refractivity contribution in [2.75, 3.05) is 13.2 Å². The van der Waals surface area contributed by atoms with Gasteiger partial charge in [-0.1, -0.05) is 23.7 Å². The van der Waals surface area contributed by atoms with E-state index in [1.54, 1.807) is 24.3 Å². The molecule has 26 heavy (non-hydrogen) atoms. The summed E-state index contributed by atoms with van der Waals surface area (Å²) in [6.45, 7) is 3.44. The third-order valence-electron chi connectivity index (χ3n) is 3.63. The molecule has 1 radical (unpaired) electrons. The van der Waals surface area contributed by atoms with Crippen LogP contribution in [0, 0.1) is 6.92 Å². The van der Waals surface area contributed by atoms with Crippen LogP contribution in [0.1, 0.15) is 26.4 Å². The smallest absolute Gasteiger partial charge is 0.268 e. The lowest BCUT2D eigenvalue weighted by molar-refractivity contribution is 0.0931. The molecule has 0 bridgehead atoms. The molecule has 0 aliphatic carbocycles. The molecule has 1 aromatic heterocycles. The van der Waals surface area contributed by atoms with E-state index in [0.717, 1.165) is 10.1 Å². The van der Waals surface area contributed by atoms with E-state index in [-0.39, 0.29) is 37.5 Å². The van der Waals surface area contributed by atoms with Gasteiger partial charge < -0.3 is 20.3 Å². The molecule has 1 aromatic carbocycles. The fourth-order valence-electron chi connectivity index (χ4n) is 2.36. The van der Waals surface area contributed by atoms with Crippen molar-refractivity contribution in [2.24, 2.45) is 0 Å². The van der Waals surface area contributed by atoms with Crippen molar-refractivity contribution < 1.29 is 14.7 Å². The molecule has 7 nitrogen and oxygen atoms in total. The lowest BCUT2D eigenvalue weighted by atomic mass is 10.2. The summed E-state index contributed by atoms with van der Waals surface area (Å²) in [7, 11) is 0. The molecule has 3 N–H and O–H groups in total. The van der Waals surface area contributed by atoms with Crippen molar-refractivity contribution in [3.05, 3.63) is 75.5 Å². The molecule has 2 rings (SSSR count). The first-order valence-corrected chi connectivity index (χ1v) is 8.30. The number of rotatable bonds is 7. The summed E-state index contributed by atoms with van der Waals surface area (Å²) in [5, 5.41) is 14.9. The Morgan fingerprint density at radius 1 is 1.08 bits per heavy atom. The van der Waals surface area contributed by atoms with E-state index in [2.05, 4.69) is 17.6 Å². The fraction of sp³-hybridized carbons (Fsp3) is 0.222. The monoisotopic (exact) mass is 376 g/mol. The van der Waals surface area contributed by atoms with Crippen LogP contribution in [0.3, 0.4) is 0 Å². The number of carbonyl (C=O) groups is 2. The zero-order valence-electron chi connectivity index (χ0n) is 14.0. The number of carbonyl (C=O) groups excluding carboxylic acids is 2. The summed E-state index contributed by atoms with van der Waals surface area (Å²) in [6.07, 6.45) is 0. The summed E-state index contributed by atoms with van der Waals surface area (Å²) in [5.74, 6) is -1.07. The third-order valence-corrected chi connectivity index (χ3v) is 3.88. The van der Waals surface area contributed by atoms with E-state index in [0.29, 0.717) is 5.02 Å². The Morgan fingerprint density at radius 3 is 2.38 bits per heavy atom. The van der Waals surface area contributed by atoms with E-state index in [4.69, 9.17) is 16.7 Å². The molecule has 0 spiro atoms. The van der Waals surface area contributed by atoms with Crippen LogP contribution in [0.4, 0.5) is 0 Å². The largest absolute Gasteiger partial charge is 0.395 e. The average molecular weight is 377 g/mol. The van der Waals surface area contributed by atoms with Gasteiger partial charge in [0.05, 0.1) is 6.61 Å². The van der Waals surface area contributed by atoms with Crippen LogP contribution in [0.15, 0.2) is 41.2 Å². The third kappa shape index (κ3) is 4.71. The maximum Gasteiger partial charge on any atom is 0.268 e.